The van der Waals surface area contributed by atoms with Crippen LogP contribution in [0.5, 0.6) is 5.88 Å². The van der Waals surface area contributed by atoms with Crippen molar-refractivity contribution in [2.45, 2.75) is 17.8 Å². The fourth-order valence-electron chi connectivity index (χ4n) is 1.67. The minimum absolute atomic E-state index is 0.0745. The Balaban J connectivity index is 2.26. The Hall–Kier alpha value is -1.44. The molecule has 94 valence electrons. The van der Waals surface area contributed by atoms with Crippen LogP contribution in [-0.4, -0.2) is 57.6 Å². The van der Waals surface area contributed by atoms with Gasteiger partial charge < -0.3 is 9.47 Å². The van der Waals surface area contributed by atoms with Gasteiger partial charge in [0.25, 0.3) is 0 Å². The fraction of sp³-hybridized carbons (Fsp3) is 0.625. The first kappa shape index (κ1) is 13.0. The van der Waals surface area contributed by atoms with Crippen molar-refractivity contribution in [2.75, 3.05) is 13.2 Å². The Kier molecular flexibility index (Phi) is 3.38. The minimum atomic E-state index is -0.472. The summed E-state index contributed by atoms with van der Waals surface area (Å²) >= 11 is 0. The van der Waals surface area contributed by atoms with E-state index < -0.39 is 4.92 Å². The molecule has 0 aromatic carbocycles. The average molecular weight is 249 g/mol. The van der Waals surface area contributed by atoms with Crippen LogP contribution >= 0.6 is 0 Å². The fourth-order valence-corrected chi connectivity index (χ4v) is 1.67. The molecule has 2 rings (SSSR count). The first-order valence-corrected chi connectivity index (χ1v) is 5.87. The second-order valence-electron chi connectivity index (χ2n) is 5.30. The normalized spacial score (nSPS) is 19.9. The standard InChI is InChI=1S/C8H14B3N3O4/c9-8(10,11)13-3-6(14(15)16)7(12-13)18-5-1-2-17-4-5/h3,5H,1-2,4,9-11H2. The highest BCUT2D eigenvalue weighted by molar-refractivity contribution is 6.56. The number of aromatic nitrogens is 2. The Morgan fingerprint density at radius 2 is 2.33 bits per heavy atom. The van der Waals surface area contributed by atoms with E-state index in [0.29, 0.717) is 13.2 Å². The van der Waals surface area contributed by atoms with E-state index in [-0.39, 0.29) is 22.9 Å². The Bertz CT molecular complexity index is 453. The van der Waals surface area contributed by atoms with Gasteiger partial charge in [-0.15, -0.1) is 5.10 Å². The Morgan fingerprint density at radius 1 is 1.61 bits per heavy atom. The molecule has 0 N–H and O–H groups in total. The lowest BCUT2D eigenvalue weighted by atomic mass is 9.49. The maximum Gasteiger partial charge on any atom is 0.350 e. The summed E-state index contributed by atoms with van der Waals surface area (Å²) < 4.78 is 12.3. The molecule has 0 spiro atoms. The summed E-state index contributed by atoms with van der Waals surface area (Å²) in [5.41, 5.74) is -0.100. The van der Waals surface area contributed by atoms with E-state index >= 15 is 0 Å². The zero-order valence-electron chi connectivity index (χ0n) is 10.8. The maximum absolute atomic E-state index is 11.0. The Labute approximate surface area is 107 Å². The van der Waals surface area contributed by atoms with Gasteiger partial charge in [0.15, 0.2) is 0 Å². The summed E-state index contributed by atoms with van der Waals surface area (Å²) in [6.07, 6.45) is 2.00. The molecule has 1 saturated heterocycles. The second kappa shape index (κ2) is 4.68. The van der Waals surface area contributed by atoms with Crippen molar-refractivity contribution in [3.8, 4) is 5.88 Å². The highest BCUT2D eigenvalue weighted by atomic mass is 16.6. The lowest BCUT2D eigenvalue weighted by Crippen LogP contribution is -2.35. The van der Waals surface area contributed by atoms with Gasteiger partial charge in [0.05, 0.1) is 18.1 Å². The largest absolute Gasteiger partial charge is 0.466 e. The van der Waals surface area contributed by atoms with Gasteiger partial charge >= 0.3 is 11.6 Å². The topological polar surface area (TPSA) is 79.4 Å². The summed E-state index contributed by atoms with van der Waals surface area (Å²) in [6, 6.07) is 0. The number of ether oxygens (including phenoxy) is 2. The number of rotatable bonds is 4. The van der Waals surface area contributed by atoms with E-state index in [2.05, 4.69) is 5.10 Å². The van der Waals surface area contributed by atoms with Crippen LogP contribution in [0.15, 0.2) is 6.20 Å². The van der Waals surface area contributed by atoms with Crippen molar-refractivity contribution in [2.24, 2.45) is 0 Å². The van der Waals surface area contributed by atoms with Crippen LogP contribution < -0.4 is 4.74 Å². The predicted octanol–water partition coefficient (Wildman–Crippen LogP) is -2.57. The van der Waals surface area contributed by atoms with Crippen LogP contribution in [0.4, 0.5) is 5.69 Å². The van der Waals surface area contributed by atoms with Crippen LogP contribution in [0.25, 0.3) is 0 Å². The van der Waals surface area contributed by atoms with Crippen molar-refractivity contribution in [1.82, 2.24) is 9.78 Å². The number of hydrogen-bond acceptors (Lipinski definition) is 5. The van der Waals surface area contributed by atoms with E-state index in [4.69, 9.17) is 9.47 Å². The van der Waals surface area contributed by atoms with E-state index in [9.17, 15) is 10.1 Å². The number of nitrogens with zero attached hydrogens (tertiary/aromatic N) is 3. The molecule has 0 bridgehead atoms. The smallest absolute Gasteiger partial charge is 0.350 e. The average Bonchev–Trinajstić information content (AvgIpc) is 2.85. The van der Waals surface area contributed by atoms with Crippen molar-refractivity contribution < 1.29 is 14.4 Å². The van der Waals surface area contributed by atoms with Crippen LogP contribution in [0.1, 0.15) is 6.42 Å². The van der Waals surface area contributed by atoms with Crippen LogP contribution in [0.3, 0.4) is 0 Å². The van der Waals surface area contributed by atoms with Gasteiger partial charge in [-0.2, -0.15) is 0 Å². The monoisotopic (exact) mass is 249 g/mol. The molecule has 18 heavy (non-hydrogen) atoms. The third kappa shape index (κ3) is 2.69. The molecule has 0 amide bonds. The van der Waals surface area contributed by atoms with Crippen molar-refractivity contribution in [3.63, 3.8) is 0 Å². The first-order chi connectivity index (χ1) is 8.38. The van der Waals surface area contributed by atoms with Gasteiger partial charge in [0.2, 0.25) is 0 Å². The lowest BCUT2D eigenvalue weighted by Gasteiger charge is -2.18. The van der Waals surface area contributed by atoms with Gasteiger partial charge in [-0.1, -0.05) is 0 Å². The molecule has 1 aromatic rings. The quantitative estimate of drug-likeness (QED) is 0.332. The highest BCUT2D eigenvalue weighted by Gasteiger charge is 2.29. The van der Waals surface area contributed by atoms with Crippen molar-refractivity contribution >= 4 is 29.2 Å². The van der Waals surface area contributed by atoms with E-state index in [1.807, 2.05) is 23.5 Å². The lowest BCUT2D eigenvalue weighted by molar-refractivity contribution is -0.386. The Morgan fingerprint density at radius 3 is 2.83 bits per heavy atom. The molecular weight excluding hydrogens is 235 g/mol. The van der Waals surface area contributed by atoms with Crippen LogP contribution in [0.2, 0.25) is 0 Å². The first-order valence-electron chi connectivity index (χ1n) is 5.87. The number of hydrogen-bond donors (Lipinski definition) is 0. The molecule has 0 aliphatic carbocycles. The molecule has 1 atom stereocenters. The summed E-state index contributed by atoms with van der Waals surface area (Å²) in [7, 11) is 5.77. The van der Waals surface area contributed by atoms with E-state index in [1.54, 1.807) is 4.68 Å². The van der Waals surface area contributed by atoms with E-state index in [0.717, 1.165) is 6.42 Å². The SMILES string of the molecule is BC(B)(B)n1cc([N+](=O)[O-])c(OC2CCOC2)n1. The van der Waals surface area contributed by atoms with Gasteiger partial charge in [0, 0.05) is 6.42 Å². The molecule has 1 aliphatic heterocycles. The van der Waals surface area contributed by atoms with Crippen LogP contribution in [0, 0.1) is 10.1 Å². The molecule has 7 nitrogen and oxygen atoms in total. The maximum atomic E-state index is 11.0. The molecule has 1 aromatic heterocycles. The third-order valence-corrected chi connectivity index (χ3v) is 2.71. The highest BCUT2D eigenvalue weighted by Crippen LogP contribution is 2.28. The summed E-state index contributed by atoms with van der Waals surface area (Å²) in [5.74, 6) is 0.0745. The minimum Gasteiger partial charge on any atom is -0.466 e. The zero-order valence-corrected chi connectivity index (χ0v) is 10.8. The molecule has 2 heterocycles. The second-order valence-corrected chi connectivity index (χ2v) is 5.30. The van der Waals surface area contributed by atoms with Gasteiger partial charge in [-0.3, -0.25) is 14.8 Å². The van der Waals surface area contributed by atoms with Gasteiger partial charge in [-0.25, -0.2) is 0 Å². The van der Waals surface area contributed by atoms with Crippen molar-refractivity contribution in [3.05, 3.63) is 16.3 Å². The van der Waals surface area contributed by atoms with Crippen molar-refractivity contribution in [1.29, 1.82) is 0 Å². The predicted molar refractivity (Wildman–Crippen MR) is 72.3 cm³/mol. The van der Waals surface area contributed by atoms with Gasteiger partial charge in [0.1, 0.15) is 35.8 Å². The van der Waals surface area contributed by atoms with Crippen LogP contribution in [-0.2, 0) is 9.97 Å². The van der Waals surface area contributed by atoms with Gasteiger partial charge in [-0.05, 0) is 5.24 Å². The molecule has 0 saturated carbocycles. The molecular formula is C8H14B3N3O4. The summed E-state index contributed by atoms with van der Waals surface area (Å²) in [6.45, 7) is 1.08. The zero-order chi connectivity index (χ0) is 13.3. The molecule has 0 radical (unpaired) electrons. The third-order valence-electron chi connectivity index (χ3n) is 2.71. The summed E-state index contributed by atoms with van der Waals surface area (Å²) in [4.78, 5) is 10.5. The molecule has 1 unspecified atom stereocenters. The summed E-state index contributed by atoms with van der Waals surface area (Å²) in [5, 5.41) is 14.8. The molecule has 1 aliphatic rings. The molecule has 10 heteroatoms. The number of nitro groups is 1. The molecule has 1 fully saturated rings. The van der Waals surface area contributed by atoms with E-state index in [1.165, 1.54) is 6.20 Å².